The van der Waals surface area contributed by atoms with Crippen molar-refractivity contribution in [1.29, 1.82) is 0 Å². The zero-order chi connectivity index (χ0) is 15.3. The highest BCUT2D eigenvalue weighted by molar-refractivity contribution is 5.92. The second-order valence-electron chi connectivity index (χ2n) is 5.34. The Bertz CT molecular complexity index is 498. The van der Waals surface area contributed by atoms with Gasteiger partial charge in [0.05, 0.1) is 0 Å². The van der Waals surface area contributed by atoms with Crippen molar-refractivity contribution >= 4 is 23.3 Å². The van der Waals surface area contributed by atoms with Crippen molar-refractivity contribution in [2.24, 2.45) is 5.92 Å². The van der Waals surface area contributed by atoms with E-state index in [0.717, 1.165) is 11.3 Å². The second-order valence-corrected chi connectivity index (χ2v) is 5.34. The molecule has 0 bridgehead atoms. The van der Waals surface area contributed by atoms with E-state index in [-0.39, 0.29) is 18.0 Å². The van der Waals surface area contributed by atoms with Crippen LogP contribution in [0.1, 0.15) is 33.3 Å². The van der Waals surface area contributed by atoms with Crippen LogP contribution in [0.15, 0.2) is 18.2 Å². The van der Waals surface area contributed by atoms with E-state index in [1.165, 1.54) is 6.92 Å². The van der Waals surface area contributed by atoms with Crippen LogP contribution in [0.25, 0.3) is 0 Å². The fourth-order valence-electron chi connectivity index (χ4n) is 1.61. The maximum absolute atomic E-state index is 11.8. The number of aryl methyl sites for hydroxylation is 1. The minimum absolute atomic E-state index is 0.106. The molecule has 0 spiro atoms. The number of carbonyl (C=O) groups is 2. The van der Waals surface area contributed by atoms with Crippen molar-refractivity contribution < 1.29 is 9.59 Å². The summed E-state index contributed by atoms with van der Waals surface area (Å²) in [7, 11) is 0. The predicted molar refractivity (Wildman–Crippen MR) is 81.9 cm³/mol. The van der Waals surface area contributed by atoms with Crippen LogP contribution < -0.4 is 16.0 Å². The predicted octanol–water partition coefficient (Wildman–Crippen LogP) is 3.12. The van der Waals surface area contributed by atoms with E-state index in [0.29, 0.717) is 11.6 Å². The van der Waals surface area contributed by atoms with E-state index in [1.54, 1.807) is 12.1 Å². The number of nitrogens with one attached hydrogen (secondary N) is 3. The van der Waals surface area contributed by atoms with Gasteiger partial charge in [0, 0.05) is 24.3 Å². The number of benzene rings is 1. The third-order valence-electron chi connectivity index (χ3n) is 3.15. The van der Waals surface area contributed by atoms with E-state index in [2.05, 4.69) is 29.8 Å². The molecule has 1 aromatic carbocycles. The molecule has 0 fully saturated rings. The van der Waals surface area contributed by atoms with Crippen LogP contribution in [0.2, 0.25) is 0 Å². The molecule has 1 atom stereocenters. The Labute approximate surface area is 120 Å². The average Bonchev–Trinajstić information content (AvgIpc) is 2.31. The molecule has 0 saturated heterocycles. The van der Waals surface area contributed by atoms with Gasteiger partial charge in [-0.15, -0.1) is 0 Å². The Morgan fingerprint density at radius 3 is 2.25 bits per heavy atom. The van der Waals surface area contributed by atoms with Gasteiger partial charge in [-0.1, -0.05) is 13.8 Å². The Morgan fingerprint density at radius 1 is 1.10 bits per heavy atom. The summed E-state index contributed by atoms with van der Waals surface area (Å²) in [6, 6.07) is 5.24. The Balaban J connectivity index is 2.67. The molecule has 3 N–H and O–H groups in total. The highest BCUT2D eigenvalue weighted by atomic mass is 16.2. The van der Waals surface area contributed by atoms with Crippen molar-refractivity contribution in [2.75, 3.05) is 10.6 Å². The van der Waals surface area contributed by atoms with E-state index in [9.17, 15) is 9.59 Å². The third kappa shape index (κ3) is 4.91. The summed E-state index contributed by atoms with van der Waals surface area (Å²) in [4.78, 5) is 22.8. The number of anilines is 2. The van der Waals surface area contributed by atoms with Gasteiger partial charge >= 0.3 is 6.03 Å². The average molecular weight is 277 g/mol. The largest absolute Gasteiger partial charge is 0.335 e. The SMILES string of the molecule is CC(=O)Nc1ccc(NC(=O)N[C@@H](C)C(C)C)cc1C. The number of urea groups is 1. The van der Waals surface area contributed by atoms with Crippen molar-refractivity contribution in [1.82, 2.24) is 5.32 Å². The summed E-state index contributed by atoms with van der Waals surface area (Å²) < 4.78 is 0. The molecule has 5 nitrogen and oxygen atoms in total. The second kappa shape index (κ2) is 6.93. The number of hydrogen-bond acceptors (Lipinski definition) is 2. The zero-order valence-corrected chi connectivity index (χ0v) is 12.7. The smallest absolute Gasteiger partial charge is 0.319 e. The highest BCUT2D eigenvalue weighted by Gasteiger charge is 2.11. The van der Waals surface area contributed by atoms with Crippen LogP contribution in [0.3, 0.4) is 0 Å². The van der Waals surface area contributed by atoms with Gasteiger partial charge in [0.15, 0.2) is 0 Å². The van der Waals surface area contributed by atoms with Gasteiger partial charge in [-0.3, -0.25) is 4.79 Å². The van der Waals surface area contributed by atoms with Crippen LogP contribution in [0.4, 0.5) is 16.2 Å². The Hall–Kier alpha value is -2.04. The topological polar surface area (TPSA) is 70.2 Å². The number of hydrogen-bond donors (Lipinski definition) is 3. The van der Waals surface area contributed by atoms with Crippen LogP contribution in [0.5, 0.6) is 0 Å². The highest BCUT2D eigenvalue weighted by Crippen LogP contribution is 2.19. The third-order valence-corrected chi connectivity index (χ3v) is 3.15. The normalized spacial score (nSPS) is 11.9. The van der Waals surface area contributed by atoms with Gasteiger partial charge in [-0.25, -0.2) is 4.79 Å². The first-order valence-electron chi connectivity index (χ1n) is 6.75. The van der Waals surface area contributed by atoms with Crippen LogP contribution >= 0.6 is 0 Å². The quantitative estimate of drug-likeness (QED) is 0.791. The minimum atomic E-state index is -0.224. The van der Waals surface area contributed by atoms with Crippen LogP contribution in [0, 0.1) is 12.8 Å². The summed E-state index contributed by atoms with van der Waals surface area (Å²) in [5.74, 6) is 0.266. The lowest BCUT2D eigenvalue weighted by atomic mass is 10.1. The van der Waals surface area contributed by atoms with Crippen LogP contribution in [-0.2, 0) is 4.79 Å². The number of rotatable bonds is 4. The lowest BCUT2D eigenvalue weighted by Crippen LogP contribution is -2.39. The molecular formula is C15H23N3O2. The van der Waals surface area contributed by atoms with Gasteiger partial charge < -0.3 is 16.0 Å². The van der Waals surface area contributed by atoms with Crippen LogP contribution in [-0.4, -0.2) is 18.0 Å². The summed E-state index contributed by atoms with van der Waals surface area (Å²) in [6.45, 7) is 9.42. The molecule has 1 aromatic rings. The number of carbonyl (C=O) groups excluding carboxylic acids is 2. The monoisotopic (exact) mass is 277 g/mol. The van der Waals surface area contributed by atoms with Gasteiger partial charge in [0.25, 0.3) is 0 Å². The van der Waals surface area contributed by atoms with Crippen molar-refractivity contribution in [3.8, 4) is 0 Å². The molecule has 0 radical (unpaired) electrons. The fraction of sp³-hybridized carbons (Fsp3) is 0.467. The summed E-state index contributed by atoms with van der Waals surface area (Å²) in [6.07, 6.45) is 0. The summed E-state index contributed by atoms with van der Waals surface area (Å²) in [5, 5.41) is 8.39. The molecule has 1 rings (SSSR count). The molecule has 0 aliphatic rings. The fourth-order valence-corrected chi connectivity index (χ4v) is 1.61. The van der Waals surface area contributed by atoms with Crippen molar-refractivity contribution in [3.63, 3.8) is 0 Å². The van der Waals surface area contributed by atoms with Crippen molar-refractivity contribution in [2.45, 2.75) is 40.7 Å². The van der Waals surface area contributed by atoms with Gasteiger partial charge in [-0.05, 0) is 43.5 Å². The van der Waals surface area contributed by atoms with E-state index < -0.39 is 0 Å². The zero-order valence-electron chi connectivity index (χ0n) is 12.7. The molecule has 0 saturated carbocycles. The first-order valence-corrected chi connectivity index (χ1v) is 6.75. The minimum Gasteiger partial charge on any atom is -0.335 e. The van der Waals surface area contributed by atoms with Gasteiger partial charge in [0.2, 0.25) is 5.91 Å². The molecular weight excluding hydrogens is 254 g/mol. The number of amides is 3. The molecule has 0 unspecified atom stereocenters. The molecule has 0 aliphatic carbocycles. The molecule has 20 heavy (non-hydrogen) atoms. The lowest BCUT2D eigenvalue weighted by molar-refractivity contribution is -0.114. The van der Waals surface area contributed by atoms with Gasteiger partial charge in [-0.2, -0.15) is 0 Å². The molecule has 5 heteroatoms. The first kappa shape index (κ1) is 16.0. The van der Waals surface area contributed by atoms with E-state index >= 15 is 0 Å². The molecule has 0 aromatic heterocycles. The molecule has 0 aliphatic heterocycles. The standard InChI is InChI=1S/C15H23N3O2/c1-9(2)11(4)16-15(20)18-13-6-7-14(10(3)8-13)17-12(5)19/h6-9,11H,1-5H3,(H,17,19)(H2,16,18,20)/t11-/m0/s1. The molecule has 110 valence electrons. The lowest BCUT2D eigenvalue weighted by Gasteiger charge is -2.18. The maximum Gasteiger partial charge on any atom is 0.319 e. The molecule has 0 heterocycles. The molecule has 3 amide bonds. The summed E-state index contributed by atoms with van der Waals surface area (Å²) >= 11 is 0. The first-order chi connectivity index (χ1) is 9.29. The summed E-state index contributed by atoms with van der Waals surface area (Å²) in [5.41, 5.74) is 2.35. The van der Waals surface area contributed by atoms with E-state index in [4.69, 9.17) is 0 Å². The van der Waals surface area contributed by atoms with Gasteiger partial charge in [0.1, 0.15) is 0 Å². The Morgan fingerprint density at radius 2 is 1.75 bits per heavy atom. The Kier molecular flexibility index (Phi) is 5.55. The van der Waals surface area contributed by atoms with Crippen molar-refractivity contribution in [3.05, 3.63) is 23.8 Å². The maximum atomic E-state index is 11.8. The van der Waals surface area contributed by atoms with E-state index in [1.807, 2.05) is 19.9 Å².